The quantitative estimate of drug-likeness (QED) is 0.274. The third-order valence-corrected chi connectivity index (χ3v) is 7.24. The fourth-order valence-electron chi connectivity index (χ4n) is 4.04. The number of halogens is 1. The molecular weight excluding hydrogens is 556 g/mol. The zero-order chi connectivity index (χ0) is 26.5. The van der Waals surface area contributed by atoms with E-state index in [0.717, 1.165) is 15.6 Å². The number of nitrogens with zero attached hydrogens (tertiary/aromatic N) is 2. The van der Waals surface area contributed by atoms with Gasteiger partial charge in [0.1, 0.15) is 18.1 Å². The zero-order valence-corrected chi connectivity index (χ0v) is 23.2. The molecule has 1 aromatic heterocycles. The van der Waals surface area contributed by atoms with Crippen LogP contribution in [0, 0.1) is 0 Å². The molecule has 0 saturated carbocycles. The Kier molecular flexibility index (Phi) is 8.45. The summed E-state index contributed by atoms with van der Waals surface area (Å²) in [5.41, 5.74) is 2.22. The Hall–Kier alpha value is -3.43. The number of esters is 1. The molecule has 192 valence electrons. The molecule has 0 saturated heterocycles. The first-order chi connectivity index (χ1) is 17.9. The highest BCUT2D eigenvalue weighted by atomic mass is 79.9. The summed E-state index contributed by atoms with van der Waals surface area (Å²) in [5, 5.41) is 0. The zero-order valence-electron chi connectivity index (χ0n) is 20.8. The lowest BCUT2D eigenvalue weighted by atomic mass is 9.96. The van der Waals surface area contributed by atoms with Crippen LogP contribution in [0.2, 0.25) is 0 Å². The number of ether oxygens (including phenoxy) is 3. The summed E-state index contributed by atoms with van der Waals surface area (Å²) in [5.74, 6) is 0.905. The van der Waals surface area contributed by atoms with Crippen LogP contribution in [-0.4, -0.2) is 30.4 Å². The number of aromatic nitrogens is 1. The van der Waals surface area contributed by atoms with Crippen LogP contribution < -0.4 is 24.4 Å². The molecular formula is C28H27BrN2O5S. The van der Waals surface area contributed by atoms with Gasteiger partial charge in [0.05, 0.1) is 39.5 Å². The summed E-state index contributed by atoms with van der Waals surface area (Å²) in [6.45, 7) is 10.2. The normalized spacial score (nSPS) is 15.1. The monoisotopic (exact) mass is 582 g/mol. The Morgan fingerprint density at radius 1 is 1.16 bits per heavy atom. The topological polar surface area (TPSA) is 79.1 Å². The van der Waals surface area contributed by atoms with Crippen molar-refractivity contribution >= 4 is 39.3 Å². The van der Waals surface area contributed by atoms with E-state index in [1.807, 2.05) is 55.5 Å². The van der Waals surface area contributed by atoms with Gasteiger partial charge in [0.25, 0.3) is 5.56 Å². The summed E-state index contributed by atoms with van der Waals surface area (Å²) in [4.78, 5) is 31.9. The number of rotatable bonds is 9. The highest BCUT2D eigenvalue weighted by Gasteiger charge is 2.33. The number of thiazole rings is 1. The van der Waals surface area contributed by atoms with Crippen molar-refractivity contribution < 1.29 is 19.0 Å². The average molecular weight is 584 g/mol. The third-order valence-electron chi connectivity index (χ3n) is 5.63. The van der Waals surface area contributed by atoms with E-state index in [4.69, 9.17) is 14.2 Å². The van der Waals surface area contributed by atoms with E-state index in [-0.39, 0.29) is 12.2 Å². The fourth-order valence-corrected chi connectivity index (χ4v) is 5.60. The molecule has 4 rings (SSSR count). The maximum atomic E-state index is 13.7. The van der Waals surface area contributed by atoms with E-state index in [1.54, 1.807) is 24.5 Å². The lowest BCUT2D eigenvalue weighted by Gasteiger charge is -2.24. The van der Waals surface area contributed by atoms with Crippen LogP contribution in [-0.2, 0) is 9.53 Å². The summed E-state index contributed by atoms with van der Waals surface area (Å²) in [6, 6.07) is 12.3. The van der Waals surface area contributed by atoms with Gasteiger partial charge in [0, 0.05) is 0 Å². The fraction of sp³-hybridized carbons (Fsp3) is 0.250. The van der Waals surface area contributed by atoms with Crippen LogP contribution in [0.15, 0.2) is 80.6 Å². The molecule has 1 atom stereocenters. The van der Waals surface area contributed by atoms with Crippen molar-refractivity contribution in [3.8, 4) is 11.5 Å². The molecule has 1 aliphatic rings. The molecule has 2 heterocycles. The largest absolute Gasteiger partial charge is 0.494 e. The van der Waals surface area contributed by atoms with Crippen LogP contribution in [0.5, 0.6) is 11.5 Å². The minimum absolute atomic E-state index is 0.220. The first kappa shape index (κ1) is 26.6. The molecule has 2 aromatic carbocycles. The minimum Gasteiger partial charge on any atom is -0.494 e. The Morgan fingerprint density at radius 3 is 2.57 bits per heavy atom. The number of benzene rings is 2. The molecule has 0 fully saturated rings. The Labute approximate surface area is 227 Å². The van der Waals surface area contributed by atoms with Crippen LogP contribution in [0.1, 0.15) is 37.9 Å². The number of allylic oxidation sites excluding steroid dienone is 1. The number of fused-ring (bicyclic) bond motifs is 1. The predicted molar refractivity (Wildman–Crippen MR) is 148 cm³/mol. The van der Waals surface area contributed by atoms with E-state index in [9.17, 15) is 9.59 Å². The van der Waals surface area contributed by atoms with Crippen molar-refractivity contribution in [3.63, 3.8) is 0 Å². The highest BCUT2D eigenvalue weighted by molar-refractivity contribution is 9.10. The molecule has 1 aliphatic heterocycles. The third kappa shape index (κ3) is 5.62. The molecule has 0 bridgehead atoms. The second-order valence-corrected chi connectivity index (χ2v) is 9.96. The van der Waals surface area contributed by atoms with Crippen LogP contribution >= 0.6 is 27.3 Å². The van der Waals surface area contributed by atoms with Crippen molar-refractivity contribution in [1.82, 2.24) is 4.57 Å². The van der Waals surface area contributed by atoms with Gasteiger partial charge < -0.3 is 14.2 Å². The molecule has 0 N–H and O–H groups in total. The minimum atomic E-state index is -0.672. The number of hydrogen-bond acceptors (Lipinski definition) is 7. The lowest BCUT2D eigenvalue weighted by Crippen LogP contribution is -2.39. The van der Waals surface area contributed by atoms with Gasteiger partial charge in [-0.1, -0.05) is 42.2 Å². The van der Waals surface area contributed by atoms with Crippen molar-refractivity contribution in [3.05, 3.63) is 102 Å². The molecule has 0 aliphatic carbocycles. The van der Waals surface area contributed by atoms with Crippen molar-refractivity contribution in [2.45, 2.75) is 26.8 Å². The molecule has 0 spiro atoms. The molecule has 0 radical (unpaired) electrons. The van der Waals surface area contributed by atoms with Gasteiger partial charge >= 0.3 is 5.97 Å². The molecule has 0 unspecified atom stereocenters. The predicted octanol–water partition coefficient (Wildman–Crippen LogP) is 4.52. The summed E-state index contributed by atoms with van der Waals surface area (Å²) in [6.07, 6.45) is 3.49. The van der Waals surface area contributed by atoms with Gasteiger partial charge in [-0.3, -0.25) is 9.36 Å². The van der Waals surface area contributed by atoms with Gasteiger partial charge in [0.2, 0.25) is 0 Å². The van der Waals surface area contributed by atoms with Gasteiger partial charge in [0.15, 0.2) is 4.80 Å². The van der Waals surface area contributed by atoms with Crippen molar-refractivity contribution in [2.75, 3.05) is 19.8 Å². The first-order valence-corrected chi connectivity index (χ1v) is 13.4. The van der Waals surface area contributed by atoms with Crippen molar-refractivity contribution in [2.24, 2.45) is 4.99 Å². The summed E-state index contributed by atoms with van der Waals surface area (Å²) < 4.78 is 19.4. The van der Waals surface area contributed by atoms with Gasteiger partial charge in [-0.25, -0.2) is 9.79 Å². The van der Waals surface area contributed by atoms with Gasteiger partial charge in [-0.05, 0) is 78.2 Å². The van der Waals surface area contributed by atoms with Crippen LogP contribution in [0.25, 0.3) is 6.08 Å². The van der Waals surface area contributed by atoms with Crippen LogP contribution in [0.4, 0.5) is 0 Å². The maximum Gasteiger partial charge on any atom is 0.338 e. The van der Waals surface area contributed by atoms with E-state index < -0.39 is 12.0 Å². The Morgan fingerprint density at radius 2 is 1.92 bits per heavy atom. The Balaban J connectivity index is 1.84. The number of carbonyl (C=O) groups excluding carboxylic acids is 1. The molecule has 7 nitrogen and oxygen atoms in total. The average Bonchev–Trinajstić information content (AvgIpc) is 3.17. The second kappa shape index (κ2) is 11.7. The van der Waals surface area contributed by atoms with Gasteiger partial charge in [-0.15, -0.1) is 0 Å². The molecule has 3 aromatic rings. The first-order valence-electron chi connectivity index (χ1n) is 11.8. The SMILES string of the molecule is C=CCOc1ccc(C=c2sc3n(c2=O)[C@@H](c2ccc(OCC)cc2)C(C(=O)OCC)=C(C)N=3)cc1Br. The standard InChI is InChI=1S/C28H27BrN2O5S/c1-5-14-36-22-13-8-18(15-21(22)29)16-23-26(32)31-25(19-9-11-20(12-10-19)34-6-2)24(27(33)35-7-3)17(4)30-28(31)37-23/h5,8-13,15-16,25H,1,6-7,14H2,2-4H3/t25-/m0/s1. The van der Waals surface area contributed by atoms with Crippen LogP contribution in [0.3, 0.4) is 0 Å². The maximum absolute atomic E-state index is 13.7. The number of carbonyl (C=O) groups is 1. The summed E-state index contributed by atoms with van der Waals surface area (Å²) >= 11 is 4.80. The van der Waals surface area contributed by atoms with Gasteiger partial charge in [-0.2, -0.15) is 0 Å². The molecule has 9 heteroatoms. The summed E-state index contributed by atoms with van der Waals surface area (Å²) in [7, 11) is 0. The smallest absolute Gasteiger partial charge is 0.338 e. The highest BCUT2D eigenvalue weighted by Crippen LogP contribution is 2.32. The van der Waals surface area contributed by atoms with Crippen molar-refractivity contribution in [1.29, 1.82) is 0 Å². The Bertz CT molecular complexity index is 1540. The second-order valence-electron chi connectivity index (χ2n) is 8.09. The van der Waals surface area contributed by atoms with E-state index in [1.165, 1.54) is 11.3 Å². The number of hydrogen-bond donors (Lipinski definition) is 0. The molecule has 0 amide bonds. The molecule has 37 heavy (non-hydrogen) atoms. The van der Waals surface area contributed by atoms with E-state index in [0.29, 0.717) is 45.3 Å². The van der Waals surface area contributed by atoms with E-state index >= 15 is 0 Å². The lowest BCUT2D eigenvalue weighted by molar-refractivity contribution is -0.139. The van der Waals surface area contributed by atoms with E-state index in [2.05, 4.69) is 27.5 Å².